The number of carboxylic acid groups (broad SMARTS) is 1. The molecule has 1 rings (SSSR count). The van der Waals surface area contributed by atoms with E-state index in [2.05, 4.69) is 18.8 Å². The molecule has 0 aromatic carbocycles. The monoisotopic (exact) mass is 280 g/mol. The topological polar surface area (TPSA) is 72.2 Å². The first kappa shape index (κ1) is 16.4. The van der Waals surface area contributed by atoms with Gasteiger partial charge in [-0.15, -0.1) is 0 Å². The summed E-state index contributed by atoms with van der Waals surface area (Å²) in [5.74, 6) is -0.519. The van der Waals surface area contributed by atoms with Crippen molar-refractivity contribution in [3.8, 4) is 0 Å². The molecule has 1 heterocycles. The second kappa shape index (κ2) is 7.22. The summed E-state index contributed by atoms with van der Waals surface area (Å²) < 4.78 is 1.66. The van der Waals surface area contributed by atoms with E-state index in [1.54, 1.807) is 4.57 Å². The van der Waals surface area contributed by atoms with Crippen LogP contribution in [0.15, 0.2) is 4.79 Å². The van der Waals surface area contributed by atoms with E-state index in [9.17, 15) is 9.59 Å². The fourth-order valence-electron chi connectivity index (χ4n) is 2.37. The summed E-state index contributed by atoms with van der Waals surface area (Å²) >= 11 is 0. The van der Waals surface area contributed by atoms with Crippen LogP contribution in [0.2, 0.25) is 0 Å². The normalized spacial score (nSPS) is 12.4. The molecule has 0 saturated heterocycles. The van der Waals surface area contributed by atoms with Crippen molar-refractivity contribution in [3.05, 3.63) is 27.4 Å². The summed E-state index contributed by atoms with van der Waals surface area (Å²) in [7, 11) is 0. The summed E-state index contributed by atoms with van der Waals surface area (Å²) in [6, 6.07) is 0. The first-order chi connectivity index (χ1) is 9.44. The number of nitrogens with zero attached hydrogens (tertiary/aromatic N) is 2. The molecule has 20 heavy (non-hydrogen) atoms. The SMILES string of the molecule is CCc1nc(=O)n(CC(C)CC)c(CC)c1CC(=O)O. The van der Waals surface area contributed by atoms with Gasteiger partial charge in [0.1, 0.15) is 0 Å². The quantitative estimate of drug-likeness (QED) is 0.829. The van der Waals surface area contributed by atoms with Gasteiger partial charge in [0.25, 0.3) is 0 Å². The maximum atomic E-state index is 12.2. The fourth-order valence-corrected chi connectivity index (χ4v) is 2.37. The Hall–Kier alpha value is -1.65. The molecule has 1 unspecified atom stereocenters. The van der Waals surface area contributed by atoms with E-state index in [1.807, 2.05) is 13.8 Å². The van der Waals surface area contributed by atoms with Gasteiger partial charge in [0.05, 0.1) is 12.1 Å². The molecule has 0 aliphatic rings. The van der Waals surface area contributed by atoms with Crippen LogP contribution in [0.5, 0.6) is 0 Å². The number of aryl methyl sites for hydroxylation is 1. The molecule has 1 aromatic heterocycles. The van der Waals surface area contributed by atoms with Crippen LogP contribution >= 0.6 is 0 Å². The van der Waals surface area contributed by atoms with E-state index < -0.39 is 5.97 Å². The molecule has 0 radical (unpaired) electrons. The number of carbonyl (C=O) groups is 1. The zero-order valence-electron chi connectivity index (χ0n) is 12.8. The second-order valence-electron chi connectivity index (χ2n) is 5.17. The molecule has 0 amide bonds. The van der Waals surface area contributed by atoms with Gasteiger partial charge in [0, 0.05) is 17.8 Å². The molecule has 0 aliphatic carbocycles. The van der Waals surface area contributed by atoms with E-state index in [0.29, 0.717) is 36.6 Å². The molecule has 112 valence electrons. The molecule has 5 nitrogen and oxygen atoms in total. The van der Waals surface area contributed by atoms with Gasteiger partial charge in [-0.1, -0.05) is 34.1 Å². The molecule has 0 spiro atoms. The average molecular weight is 280 g/mol. The Labute approximate surface area is 119 Å². The van der Waals surface area contributed by atoms with E-state index in [0.717, 1.165) is 12.1 Å². The number of hydrogen-bond donors (Lipinski definition) is 1. The molecule has 1 N–H and O–H groups in total. The first-order valence-electron chi connectivity index (χ1n) is 7.27. The second-order valence-corrected chi connectivity index (χ2v) is 5.17. The number of carboxylic acids is 1. The summed E-state index contributed by atoms with van der Waals surface area (Å²) in [4.78, 5) is 27.3. The third-order valence-corrected chi connectivity index (χ3v) is 3.67. The van der Waals surface area contributed by atoms with Crippen LogP contribution in [0.1, 0.15) is 51.1 Å². The van der Waals surface area contributed by atoms with Crippen molar-refractivity contribution < 1.29 is 9.90 Å². The summed E-state index contributed by atoms with van der Waals surface area (Å²) in [6.07, 6.45) is 2.12. The molecule has 0 bridgehead atoms. The van der Waals surface area contributed by atoms with Crippen LogP contribution in [-0.4, -0.2) is 20.6 Å². The lowest BCUT2D eigenvalue weighted by Crippen LogP contribution is -2.32. The number of rotatable bonds is 7. The van der Waals surface area contributed by atoms with Crippen LogP contribution in [0.3, 0.4) is 0 Å². The molecule has 0 saturated carbocycles. The number of aromatic nitrogens is 2. The van der Waals surface area contributed by atoms with Gasteiger partial charge in [0.2, 0.25) is 0 Å². The van der Waals surface area contributed by atoms with Crippen molar-refractivity contribution in [1.82, 2.24) is 9.55 Å². The largest absolute Gasteiger partial charge is 0.481 e. The Morgan fingerprint density at radius 2 is 1.95 bits per heavy atom. The van der Waals surface area contributed by atoms with Crippen LogP contribution in [0, 0.1) is 5.92 Å². The van der Waals surface area contributed by atoms with Crippen molar-refractivity contribution in [2.45, 2.75) is 59.9 Å². The highest BCUT2D eigenvalue weighted by atomic mass is 16.4. The lowest BCUT2D eigenvalue weighted by Gasteiger charge is -2.19. The summed E-state index contributed by atoms with van der Waals surface area (Å²) in [6.45, 7) is 8.60. The van der Waals surface area contributed by atoms with Crippen molar-refractivity contribution in [1.29, 1.82) is 0 Å². The zero-order valence-corrected chi connectivity index (χ0v) is 12.8. The lowest BCUT2D eigenvalue weighted by molar-refractivity contribution is -0.136. The average Bonchev–Trinajstić information content (AvgIpc) is 2.41. The predicted molar refractivity (Wildman–Crippen MR) is 78.0 cm³/mol. The van der Waals surface area contributed by atoms with E-state index in [1.165, 1.54) is 0 Å². The fraction of sp³-hybridized carbons (Fsp3) is 0.667. The Kier molecular flexibility index (Phi) is 5.92. The van der Waals surface area contributed by atoms with Crippen molar-refractivity contribution >= 4 is 5.97 Å². The van der Waals surface area contributed by atoms with Crippen LogP contribution in [-0.2, 0) is 30.6 Å². The summed E-state index contributed by atoms with van der Waals surface area (Å²) in [5, 5.41) is 9.08. The van der Waals surface area contributed by atoms with E-state index in [4.69, 9.17) is 5.11 Å². The molecule has 1 aromatic rings. The third-order valence-electron chi connectivity index (χ3n) is 3.67. The maximum absolute atomic E-state index is 12.2. The number of hydrogen-bond acceptors (Lipinski definition) is 3. The van der Waals surface area contributed by atoms with Gasteiger partial charge < -0.3 is 5.11 Å². The van der Waals surface area contributed by atoms with E-state index >= 15 is 0 Å². The minimum Gasteiger partial charge on any atom is -0.481 e. The molecule has 5 heteroatoms. The zero-order chi connectivity index (χ0) is 15.3. The van der Waals surface area contributed by atoms with Gasteiger partial charge in [-0.25, -0.2) is 4.79 Å². The van der Waals surface area contributed by atoms with Crippen molar-refractivity contribution in [2.24, 2.45) is 5.92 Å². The van der Waals surface area contributed by atoms with Gasteiger partial charge in [0.15, 0.2) is 0 Å². The van der Waals surface area contributed by atoms with Gasteiger partial charge in [-0.2, -0.15) is 4.98 Å². The van der Waals surface area contributed by atoms with Crippen LogP contribution < -0.4 is 5.69 Å². The molecule has 0 aliphatic heterocycles. The Bertz CT molecular complexity index is 535. The van der Waals surface area contributed by atoms with Crippen molar-refractivity contribution in [3.63, 3.8) is 0 Å². The number of aliphatic carboxylic acids is 1. The Balaban J connectivity index is 3.43. The first-order valence-corrected chi connectivity index (χ1v) is 7.27. The smallest absolute Gasteiger partial charge is 0.348 e. The predicted octanol–water partition coefficient (Wildman–Crippen LogP) is 2.04. The minimum atomic E-state index is -0.884. The highest BCUT2D eigenvalue weighted by Gasteiger charge is 2.18. The van der Waals surface area contributed by atoms with Gasteiger partial charge >= 0.3 is 11.7 Å². The molecule has 0 fully saturated rings. The third kappa shape index (κ3) is 3.68. The van der Waals surface area contributed by atoms with Gasteiger partial charge in [-0.3, -0.25) is 9.36 Å². The molecular formula is C15H24N2O3. The highest BCUT2D eigenvalue weighted by Crippen LogP contribution is 2.16. The Morgan fingerprint density at radius 3 is 2.40 bits per heavy atom. The lowest BCUT2D eigenvalue weighted by atomic mass is 10.0. The highest BCUT2D eigenvalue weighted by molar-refractivity contribution is 5.71. The standard InChI is InChI=1S/C15H24N2O3/c1-5-10(4)9-17-13(7-3)11(8-14(18)19)12(6-2)16-15(17)20/h10H,5-9H2,1-4H3,(H,18,19). The minimum absolute atomic E-state index is 0.0693. The van der Waals surface area contributed by atoms with E-state index in [-0.39, 0.29) is 12.1 Å². The maximum Gasteiger partial charge on any atom is 0.348 e. The Morgan fingerprint density at radius 1 is 1.30 bits per heavy atom. The molecule has 1 atom stereocenters. The van der Waals surface area contributed by atoms with Crippen LogP contribution in [0.4, 0.5) is 0 Å². The molecular weight excluding hydrogens is 256 g/mol. The summed E-state index contributed by atoms with van der Waals surface area (Å²) in [5.41, 5.74) is 1.90. The van der Waals surface area contributed by atoms with Crippen molar-refractivity contribution in [2.75, 3.05) is 0 Å². The van der Waals surface area contributed by atoms with Crippen LogP contribution in [0.25, 0.3) is 0 Å². The van der Waals surface area contributed by atoms with Gasteiger partial charge in [-0.05, 0) is 18.8 Å².